The molecule has 2 rings (SSSR count). The first-order chi connectivity index (χ1) is 9.16. The van der Waals surface area contributed by atoms with Gasteiger partial charge in [0.15, 0.2) is 0 Å². The van der Waals surface area contributed by atoms with Crippen LogP contribution >= 0.6 is 11.6 Å². The lowest BCUT2D eigenvalue weighted by Crippen LogP contribution is -2.25. The smallest absolute Gasteiger partial charge is 0.252 e. The van der Waals surface area contributed by atoms with E-state index in [2.05, 4.69) is 5.32 Å². The Balaban J connectivity index is 1.93. The summed E-state index contributed by atoms with van der Waals surface area (Å²) in [6.07, 6.45) is 0.753. The zero-order valence-electron chi connectivity index (χ0n) is 10.3. The molecule has 3 nitrogen and oxygen atoms in total. The average Bonchev–Trinajstić information content (AvgIpc) is 2.42. The molecule has 2 N–H and O–H groups in total. The third kappa shape index (κ3) is 3.73. The number of carbonyl (C=O) groups is 1. The number of halogens is 1. The van der Waals surface area contributed by atoms with E-state index in [1.165, 1.54) is 18.2 Å². The molecular weight excluding hydrogens is 262 g/mol. The summed E-state index contributed by atoms with van der Waals surface area (Å²) >= 11 is 5.92. The number of phenols is 1. The van der Waals surface area contributed by atoms with Crippen LogP contribution < -0.4 is 5.32 Å². The van der Waals surface area contributed by atoms with E-state index < -0.39 is 0 Å². The minimum Gasteiger partial charge on any atom is -0.508 e. The van der Waals surface area contributed by atoms with E-state index in [4.69, 9.17) is 11.6 Å². The second-order valence-corrected chi connectivity index (χ2v) is 4.56. The summed E-state index contributed by atoms with van der Waals surface area (Å²) < 4.78 is 0. The minimum absolute atomic E-state index is 0.0256. The summed E-state index contributed by atoms with van der Waals surface area (Å²) in [5.74, 6) is -0.255. The largest absolute Gasteiger partial charge is 0.508 e. The summed E-state index contributed by atoms with van der Waals surface area (Å²) in [5.41, 5.74) is 1.44. The minimum atomic E-state index is -0.281. The Morgan fingerprint density at radius 2 is 1.89 bits per heavy atom. The maximum absolute atomic E-state index is 11.9. The molecule has 0 fully saturated rings. The van der Waals surface area contributed by atoms with Crippen molar-refractivity contribution < 1.29 is 9.90 Å². The highest BCUT2D eigenvalue weighted by Crippen LogP contribution is 2.20. The van der Waals surface area contributed by atoms with Crippen molar-refractivity contribution in [1.29, 1.82) is 0 Å². The van der Waals surface area contributed by atoms with Crippen LogP contribution in [0.3, 0.4) is 0 Å². The van der Waals surface area contributed by atoms with Crippen molar-refractivity contribution >= 4 is 17.5 Å². The van der Waals surface area contributed by atoms with Crippen molar-refractivity contribution in [2.24, 2.45) is 0 Å². The Morgan fingerprint density at radius 1 is 1.16 bits per heavy atom. The molecule has 2 aromatic carbocycles. The van der Waals surface area contributed by atoms with E-state index >= 15 is 0 Å². The maximum atomic E-state index is 11.9. The van der Waals surface area contributed by atoms with E-state index in [-0.39, 0.29) is 17.2 Å². The van der Waals surface area contributed by atoms with Crippen LogP contribution in [0.25, 0.3) is 0 Å². The molecule has 0 aromatic heterocycles. The number of rotatable bonds is 4. The van der Waals surface area contributed by atoms with Crippen molar-refractivity contribution in [3.05, 3.63) is 64.7 Å². The summed E-state index contributed by atoms with van der Waals surface area (Å²) in [5, 5.41) is 12.5. The van der Waals surface area contributed by atoms with Crippen LogP contribution in [0.4, 0.5) is 0 Å². The summed E-state index contributed by atoms with van der Waals surface area (Å²) in [6.45, 7) is 0.523. The van der Waals surface area contributed by atoms with Gasteiger partial charge in [-0.3, -0.25) is 4.79 Å². The highest BCUT2D eigenvalue weighted by Gasteiger charge is 2.10. The first kappa shape index (κ1) is 13.4. The second-order valence-electron chi connectivity index (χ2n) is 4.16. The van der Waals surface area contributed by atoms with Gasteiger partial charge in [0.05, 0.1) is 10.6 Å². The van der Waals surface area contributed by atoms with Crippen molar-refractivity contribution in [3.8, 4) is 5.75 Å². The zero-order chi connectivity index (χ0) is 13.7. The molecule has 19 heavy (non-hydrogen) atoms. The highest BCUT2D eigenvalue weighted by atomic mass is 35.5. The van der Waals surface area contributed by atoms with E-state index in [0.717, 1.165) is 12.0 Å². The van der Waals surface area contributed by atoms with Gasteiger partial charge >= 0.3 is 0 Å². The van der Waals surface area contributed by atoms with Crippen LogP contribution in [-0.4, -0.2) is 17.6 Å². The van der Waals surface area contributed by atoms with Crippen LogP contribution in [0, 0.1) is 0 Å². The molecule has 1 amide bonds. The average molecular weight is 276 g/mol. The van der Waals surface area contributed by atoms with Crippen molar-refractivity contribution in [1.82, 2.24) is 5.32 Å². The summed E-state index contributed by atoms with van der Waals surface area (Å²) in [7, 11) is 0. The molecule has 0 radical (unpaired) electrons. The Morgan fingerprint density at radius 3 is 2.63 bits per heavy atom. The van der Waals surface area contributed by atoms with Crippen LogP contribution in [-0.2, 0) is 6.42 Å². The normalized spacial score (nSPS) is 10.2. The molecule has 0 saturated carbocycles. The van der Waals surface area contributed by atoms with E-state index in [9.17, 15) is 9.90 Å². The van der Waals surface area contributed by atoms with Crippen molar-refractivity contribution in [3.63, 3.8) is 0 Å². The molecule has 0 unspecified atom stereocenters. The van der Waals surface area contributed by atoms with E-state index in [1.807, 2.05) is 30.3 Å². The summed E-state index contributed by atoms with van der Waals surface area (Å²) in [4.78, 5) is 11.9. The Bertz CT molecular complexity index is 570. The van der Waals surface area contributed by atoms with Crippen LogP contribution in [0.1, 0.15) is 15.9 Å². The molecule has 4 heteroatoms. The first-order valence-corrected chi connectivity index (χ1v) is 6.35. The molecule has 0 aliphatic rings. The standard InChI is InChI=1S/C15H14ClNO2/c16-14-7-6-12(18)10-13(14)15(19)17-9-8-11-4-2-1-3-5-11/h1-7,10,18H,8-9H2,(H,17,19). The molecule has 0 saturated heterocycles. The number of benzene rings is 2. The number of hydrogen-bond donors (Lipinski definition) is 2. The lowest BCUT2D eigenvalue weighted by Gasteiger charge is -2.07. The molecular formula is C15H14ClNO2. The monoisotopic (exact) mass is 275 g/mol. The number of nitrogens with one attached hydrogen (secondary N) is 1. The van der Waals surface area contributed by atoms with Crippen LogP contribution in [0.5, 0.6) is 5.75 Å². The van der Waals surface area contributed by atoms with Crippen molar-refractivity contribution in [2.75, 3.05) is 6.54 Å². The van der Waals surface area contributed by atoms with E-state index in [0.29, 0.717) is 11.6 Å². The van der Waals surface area contributed by atoms with Gasteiger partial charge < -0.3 is 10.4 Å². The van der Waals surface area contributed by atoms with Crippen LogP contribution in [0.2, 0.25) is 5.02 Å². The first-order valence-electron chi connectivity index (χ1n) is 5.97. The fraction of sp³-hybridized carbons (Fsp3) is 0.133. The molecule has 0 bridgehead atoms. The van der Waals surface area contributed by atoms with Gasteiger partial charge in [-0.25, -0.2) is 0 Å². The number of aromatic hydroxyl groups is 1. The molecule has 0 heterocycles. The van der Waals surface area contributed by atoms with Gasteiger partial charge in [-0.2, -0.15) is 0 Å². The quantitative estimate of drug-likeness (QED) is 0.901. The second kappa shape index (κ2) is 6.25. The third-order valence-corrected chi connectivity index (χ3v) is 3.07. The molecule has 2 aromatic rings. The Hall–Kier alpha value is -2.00. The Labute approximate surface area is 116 Å². The number of carbonyl (C=O) groups excluding carboxylic acids is 1. The molecule has 0 aliphatic carbocycles. The third-order valence-electron chi connectivity index (χ3n) is 2.74. The lowest BCUT2D eigenvalue weighted by atomic mass is 10.1. The van der Waals surface area contributed by atoms with Gasteiger partial charge in [-0.05, 0) is 30.2 Å². The molecule has 98 valence electrons. The van der Waals surface area contributed by atoms with Gasteiger partial charge in [-0.1, -0.05) is 41.9 Å². The topological polar surface area (TPSA) is 49.3 Å². The van der Waals surface area contributed by atoms with Gasteiger partial charge in [0.1, 0.15) is 5.75 Å². The summed E-state index contributed by atoms with van der Waals surface area (Å²) in [6, 6.07) is 14.2. The molecule has 0 spiro atoms. The Kier molecular flexibility index (Phi) is 4.42. The number of hydrogen-bond acceptors (Lipinski definition) is 2. The zero-order valence-corrected chi connectivity index (χ0v) is 11.0. The number of phenolic OH excluding ortho intramolecular Hbond substituents is 1. The maximum Gasteiger partial charge on any atom is 0.252 e. The van der Waals surface area contributed by atoms with Crippen LogP contribution in [0.15, 0.2) is 48.5 Å². The van der Waals surface area contributed by atoms with Gasteiger partial charge in [0.25, 0.3) is 5.91 Å². The predicted molar refractivity (Wildman–Crippen MR) is 75.6 cm³/mol. The number of amides is 1. The molecule has 0 aliphatic heterocycles. The lowest BCUT2D eigenvalue weighted by molar-refractivity contribution is 0.0954. The van der Waals surface area contributed by atoms with Gasteiger partial charge in [0, 0.05) is 6.54 Å². The fourth-order valence-electron chi connectivity index (χ4n) is 1.75. The molecule has 0 atom stereocenters. The predicted octanol–water partition coefficient (Wildman–Crippen LogP) is 3.02. The van der Waals surface area contributed by atoms with E-state index in [1.54, 1.807) is 0 Å². The SMILES string of the molecule is O=C(NCCc1ccccc1)c1cc(O)ccc1Cl. The van der Waals surface area contributed by atoms with Gasteiger partial charge in [0.2, 0.25) is 0 Å². The highest BCUT2D eigenvalue weighted by molar-refractivity contribution is 6.33. The van der Waals surface area contributed by atoms with Gasteiger partial charge in [-0.15, -0.1) is 0 Å². The fourth-order valence-corrected chi connectivity index (χ4v) is 1.95. The van der Waals surface area contributed by atoms with Crippen molar-refractivity contribution in [2.45, 2.75) is 6.42 Å².